The fourth-order valence-corrected chi connectivity index (χ4v) is 4.63. The zero-order valence-corrected chi connectivity index (χ0v) is 10.7. The lowest BCUT2D eigenvalue weighted by molar-refractivity contribution is 0.0523. The number of rotatable bonds is 3. The van der Waals surface area contributed by atoms with E-state index in [2.05, 4.69) is 5.32 Å². The molecule has 0 saturated carbocycles. The van der Waals surface area contributed by atoms with Gasteiger partial charge in [-0.1, -0.05) is 0 Å². The first kappa shape index (κ1) is 12.3. The highest BCUT2D eigenvalue weighted by Crippen LogP contribution is 2.23. The molecular weight excluding hydrogens is 226 g/mol. The van der Waals surface area contributed by atoms with Crippen LogP contribution in [0.5, 0.6) is 0 Å². The number of ether oxygens (including phenoxy) is 1. The van der Waals surface area contributed by atoms with Crippen LogP contribution in [0.4, 0.5) is 0 Å². The summed E-state index contributed by atoms with van der Waals surface area (Å²) in [6, 6.07) is 0. The molecule has 0 aromatic heterocycles. The molecule has 0 aromatic rings. The van der Waals surface area contributed by atoms with Crippen LogP contribution < -0.4 is 5.32 Å². The summed E-state index contributed by atoms with van der Waals surface area (Å²) in [6.07, 6.45) is 3.06. The Kier molecular flexibility index (Phi) is 3.56. The maximum absolute atomic E-state index is 11.4. The fraction of sp³-hybridized carbons (Fsp3) is 1.00. The van der Waals surface area contributed by atoms with E-state index in [4.69, 9.17) is 4.74 Å². The molecule has 2 heterocycles. The van der Waals surface area contributed by atoms with Gasteiger partial charge in [0.1, 0.15) is 0 Å². The van der Waals surface area contributed by atoms with Gasteiger partial charge in [0.15, 0.2) is 9.84 Å². The summed E-state index contributed by atoms with van der Waals surface area (Å²) in [5.41, 5.74) is -0.212. The second kappa shape index (κ2) is 4.63. The molecule has 0 aliphatic carbocycles. The second-order valence-electron chi connectivity index (χ2n) is 5.37. The van der Waals surface area contributed by atoms with E-state index in [0.717, 1.165) is 32.6 Å². The van der Waals surface area contributed by atoms with E-state index in [1.54, 1.807) is 0 Å². The van der Waals surface area contributed by atoms with Crippen LogP contribution in [0.2, 0.25) is 0 Å². The molecule has 5 heteroatoms. The Morgan fingerprint density at radius 3 is 2.88 bits per heavy atom. The van der Waals surface area contributed by atoms with Crippen molar-refractivity contribution in [3.05, 3.63) is 0 Å². The van der Waals surface area contributed by atoms with Crippen LogP contribution in [0.3, 0.4) is 0 Å². The molecule has 1 N–H and O–H groups in total. The third-order valence-electron chi connectivity index (χ3n) is 3.58. The molecule has 94 valence electrons. The summed E-state index contributed by atoms with van der Waals surface area (Å²) in [7, 11) is -2.80. The highest BCUT2D eigenvalue weighted by atomic mass is 32.2. The molecule has 0 radical (unpaired) electrons. The van der Waals surface area contributed by atoms with E-state index < -0.39 is 9.84 Å². The first-order valence-corrected chi connectivity index (χ1v) is 7.84. The normalized spacial score (nSPS) is 38.7. The van der Waals surface area contributed by atoms with Crippen molar-refractivity contribution in [2.24, 2.45) is 5.92 Å². The predicted molar refractivity (Wildman–Crippen MR) is 63.2 cm³/mol. The van der Waals surface area contributed by atoms with Crippen LogP contribution in [0.1, 0.15) is 26.2 Å². The third kappa shape index (κ3) is 3.18. The van der Waals surface area contributed by atoms with Gasteiger partial charge >= 0.3 is 0 Å². The van der Waals surface area contributed by atoms with Crippen LogP contribution in [-0.4, -0.2) is 45.2 Å². The molecule has 2 atom stereocenters. The van der Waals surface area contributed by atoms with E-state index in [0.29, 0.717) is 11.7 Å². The average Bonchev–Trinajstić information content (AvgIpc) is 2.53. The predicted octanol–water partition coefficient (Wildman–Crippen LogP) is 0.580. The lowest BCUT2D eigenvalue weighted by Gasteiger charge is -2.29. The molecule has 2 fully saturated rings. The molecule has 2 saturated heterocycles. The van der Waals surface area contributed by atoms with Crippen molar-refractivity contribution in [1.82, 2.24) is 5.32 Å². The quantitative estimate of drug-likeness (QED) is 0.792. The monoisotopic (exact) mass is 247 g/mol. The van der Waals surface area contributed by atoms with Gasteiger partial charge in [0, 0.05) is 18.7 Å². The van der Waals surface area contributed by atoms with Gasteiger partial charge in [-0.2, -0.15) is 0 Å². The SMILES string of the molecule is CC1(NCC2CCCOC2)CCS(=O)(=O)C1. The minimum atomic E-state index is -2.80. The van der Waals surface area contributed by atoms with E-state index in [-0.39, 0.29) is 11.3 Å². The maximum Gasteiger partial charge on any atom is 0.152 e. The molecule has 4 nitrogen and oxygen atoms in total. The summed E-state index contributed by atoms with van der Waals surface area (Å²) >= 11 is 0. The number of sulfone groups is 1. The van der Waals surface area contributed by atoms with Crippen LogP contribution in [-0.2, 0) is 14.6 Å². The average molecular weight is 247 g/mol. The fourth-order valence-electron chi connectivity index (χ4n) is 2.51. The molecule has 0 amide bonds. The summed E-state index contributed by atoms with van der Waals surface area (Å²) in [4.78, 5) is 0. The summed E-state index contributed by atoms with van der Waals surface area (Å²) in [6.45, 7) is 4.59. The lowest BCUT2D eigenvalue weighted by atomic mass is 9.98. The van der Waals surface area contributed by atoms with E-state index in [1.807, 2.05) is 6.92 Å². The van der Waals surface area contributed by atoms with Crippen molar-refractivity contribution in [2.45, 2.75) is 31.7 Å². The van der Waals surface area contributed by atoms with Crippen LogP contribution >= 0.6 is 0 Å². The van der Waals surface area contributed by atoms with Gasteiger partial charge in [0.05, 0.1) is 18.1 Å². The Morgan fingerprint density at radius 2 is 2.31 bits per heavy atom. The molecule has 0 bridgehead atoms. The Bertz CT molecular complexity index is 335. The maximum atomic E-state index is 11.4. The van der Waals surface area contributed by atoms with Crippen molar-refractivity contribution in [3.63, 3.8) is 0 Å². The lowest BCUT2D eigenvalue weighted by Crippen LogP contribution is -2.46. The highest BCUT2D eigenvalue weighted by molar-refractivity contribution is 7.91. The van der Waals surface area contributed by atoms with Crippen molar-refractivity contribution in [2.75, 3.05) is 31.3 Å². The molecule has 16 heavy (non-hydrogen) atoms. The van der Waals surface area contributed by atoms with E-state index in [9.17, 15) is 8.42 Å². The standard InChI is InChI=1S/C11H21NO3S/c1-11(4-6-16(13,14)9-11)12-7-10-3-2-5-15-8-10/h10,12H,2-9H2,1H3. The number of hydrogen-bond donors (Lipinski definition) is 1. The summed E-state index contributed by atoms with van der Waals surface area (Å²) in [5.74, 6) is 1.17. The Balaban J connectivity index is 1.81. The largest absolute Gasteiger partial charge is 0.381 e. The minimum Gasteiger partial charge on any atom is -0.381 e. The number of hydrogen-bond acceptors (Lipinski definition) is 4. The van der Waals surface area contributed by atoms with Crippen molar-refractivity contribution in [3.8, 4) is 0 Å². The molecule has 0 spiro atoms. The van der Waals surface area contributed by atoms with Gasteiger partial charge in [0.25, 0.3) is 0 Å². The second-order valence-corrected chi connectivity index (χ2v) is 7.55. The molecule has 2 rings (SSSR count). The first-order chi connectivity index (χ1) is 7.49. The molecule has 0 aromatic carbocycles. The van der Waals surface area contributed by atoms with Gasteiger partial charge in [-0.15, -0.1) is 0 Å². The van der Waals surface area contributed by atoms with Crippen molar-refractivity contribution >= 4 is 9.84 Å². The Hall–Kier alpha value is -0.130. The zero-order valence-electron chi connectivity index (χ0n) is 9.87. The van der Waals surface area contributed by atoms with Gasteiger partial charge in [0.2, 0.25) is 0 Å². The van der Waals surface area contributed by atoms with Gasteiger partial charge < -0.3 is 10.1 Å². The number of nitrogens with one attached hydrogen (secondary N) is 1. The van der Waals surface area contributed by atoms with Crippen molar-refractivity contribution in [1.29, 1.82) is 0 Å². The summed E-state index contributed by atoms with van der Waals surface area (Å²) < 4.78 is 28.3. The van der Waals surface area contributed by atoms with E-state index >= 15 is 0 Å². The molecule has 2 unspecified atom stereocenters. The first-order valence-electron chi connectivity index (χ1n) is 6.02. The van der Waals surface area contributed by atoms with Gasteiger partial charge in [-0.3, -0.25) is 0 Å². The molecular formula is C11H21NO3S. The summed E-state index contributed by atoms with van der Waals surface area (Å²) in [5, 5.41) is 3.42. The zero-order chi connectivity index (χ0) is 11.6. The van der Waals surface area contributed by atoms with Gasteiger partial charge in [-0.25, -0.2) is 8.42 Å². The minimum absolute atomic E-state index is 0.212. The Labute approximate surface area is 97.7 Å². The highest BCUT2D eigenvalue weighted by Gasteiger charge is 2.38. The Morgan fingerprint density at radius 1 is 1.50 bits per heavy atom. The topological polar surface area (TPSA) is 55.4 Å². The van der Waals surface area contributed by atoms with Crippen LogP contribution in [0.25, 0.3) is 0 Å². The van der Waals surface area contributed by atoms with Gasteiger partial charge in [-0.05, 0) is 32.1 Å². The third-order valence-corrected chi connectivity index (χ3v) is 5.48. The molecule has 2 aliphatic heterocycles. The van der Waals surface area contributed by atoms with Crippen LogP contribution in [0.15, 0.2) is 0 Å². The molecule has 2 aliphatic rings. The van der Waals surface area contributed by atoms with Crippen molar-refractivity contribution < 1.29 is 13.2 Å². The smallest absolute Gasteiger partial charge is 0.152 e. The van der Waals surface area contributed by atoms with Crippen LogP contribution in [0, 0.1) is 5.92 Å². The van der Waals surface area contributed by atoms with E-state index in [1.165, 1.54) is 6.42 Å².